The van der Waals surface area contributed by atoms with Crippen LogP contribution in [0.3, 0.4) is 0 Å². The topological polar surface area (TPSA) is 43.4 Å². The van der Waals surface area contributed by atoms with E-state index in [1.807, 2.05) is 0 Å². The van der Waals surface area contributed by atoms with E-state index >= 15 is 0 Å². The van der Waals surface area contributed by atoms with Gasteiger partial charge in [0.05, 0.1) is 6.61 Å². The fourth-order valence-electron chi connectivity index (χ4n) is 5.67. The van der Waals surface area contributed by atoms with E-state index in [1.54, 1.807) is 0 Å². The summed E-state index contributed by atoms with van der Waals surface area (Å²) in [6, 6.07) is 0. The van der Waals surface area contributed by atoms with Crippen LogP contribution in [0, 0.1) is 28.6 Å². The highest BCUT2D eigenvalue weighted by molar-refractivity contribution is 5.65. The number of ether oxygens (including phenoxy) is 1. The number of hydrogen-bond donors (Lipinski definition) is 0. The average molecular weight is 349 g/mol. The molecule has 0 bridgehead atoms. The molecule has 2 fully saturated rings. The van der Waals surface area contributed by atoms with E-state index in [1.165, 1.54) is 25.2 Å². The van der Waals surface area contributed by atoms with Crippen LogP contribution >= 0.6 is 0 Å². The van der Waals surface area contributed by atoms with Gasteiger partial charge in [-0.15, -0.1) is 0 Å². The third-order valence-electron chi connectivity index (χ3n) is 7.20. The van der Waals surface area contributed by atoms with Crippen molar-refractivity contribution in [2.45, 2.75) is 79.1 Å². The molecule has 2 aliphatic rings. The highest BCUT2D eigenvalue weighted by Crippen LogP contribution is 2.61. The second-order valence-corrected chi connectivity index (χ2v) is 9.10. The Morgan fingerprint density at radius 1 is 1.36 bits per heavy atom. The Labute approximate surface area is 153 Å². The van der Waals surface area contributed by atoms with E-state index in [9.17, 15) is 9.59 Å². The molecule has 0 amide bonds. The van der Waals surface area contributed by atoms with Crippen LogP contribution in [0.5, 0.6) is 0 Å². The molecule has 0 aromatic heterocycles. The number of aldehydes is 1. The monoisotopic (exact) mass is 348 g/mol. The van der Waals surface area contributed by atoms with Gasteiger partial charge in [-0.2, -0.15) is 0 Å². The molecule has 2 saturated carbocycles. The number of carbonyl (C=O) groups excluding carboxylic acids is 2. The average Bonchev–Trinajstić information content (AvgIpc) is 2.53. The molecule has 2 rings (SSSR count). The summed E-state index contributed by atoms with van der Waals surface area (Å²) in [6.45, 7) is 13.2. The summed E-state index contributed by atoms with van der Waals surface area (Å²) in [5, 5.41) is 0. The fraction of sp³-hybridized carbons (Fsp3) is 0.818. The van der Waals surface area contributed by atoms with Gasteiger partial charge in [-0.3, -0.25) is 4.79 Å². The lowest BCUT2D eigenvalue weighted by Crippen LogP contribution is -2.51. The molecule has 5 atom stereocenters. The molecule has 0 heterocycles. The van der Waals surface area contributed by atoms with Gasteiger partial charge >= 0.3 is 5.97 Å². The SMILES string of the molecule is C=C1CC[C@H]2[C@](C)(CCC[C@]2(C)C=O)[C@H]1CC[C@@H](C)CCOC(C)=O. The van der Waals surface area contributed by atoms with E-state index in [-0.39, 0.29) is 16.8 Å². The molecule has 0 N–H and O–H groups in total. The minimum atomic E-state index is -0.196. The van der Waals surface area contributed by atoms with Gasteiger partial charge < -0.3 is 9.53 Å². The van der Waals surface area contributed by atoms with Crippen LogP contribution in [0.4, 0.5) is 0 Å². The Morgan fingerprint density at radius 2 is 2.08 bits per heavy atom. The summed E-state index contributed by atoms with van der Waals surface area (Å²) in [6.07, 6.45) is 10.0. The summed E-state index contributed by atoms with van der Waals surface area (Å²) in [4.78, 5) is 22.7. The lowest BCUT2D eigenvalue weighted by Gasteiger charge is -2.57. The molecular weight excluding hydrogens is 312 g/mol. The molecule has 25 heavy (non-hydrogen) atoms. The van der Waals surface area contributed by atoms with Gasteiger partial charge in [-0.05, 0) is 68.1 Å². The number of hydrogen-bond acceptors (Lipinski definition) is 3. The van der Waals surface area contributed by atoms with Crippen LogP contribution < -0.4 is 0 Å². The Hall–Kier alpha value is -1.12. The maximum atomic E-state index is 11.8. The maximum Gasteiger partial charge on any atom is 0.302 e. The van der Waals surface area contributed by atoms with Gasteiger partial charge in [0, 0.05) is 12.3 Å². The van der Waals surface area contributed by atoms with Crippen molar-refractivity contribution in [3.63, 3.8) is 0 Å². The Morgan fingerprint density at radius 3 is 2.72 bits per heavy atom. The maximum absolute atomic E-state index is 11.8. The Bertz CT molecular complexity index is 511. The first-order chi connectivity index (χ1) is 11.7. The van der Waals surface area contributed by atoms with Crippen molar-refractivity contribution < 1.29 is 14.3 Å². The van der Waals surface area contributed by atoms with Crippen molar-refractivity contribution in [1.29, 1.82) is 0 Å². The molecule has 0 aromatic carbocycles. The van der Waals surface area contributed by atoms with E-state index < -0.39 is 0 Å². The van der Waals surface area contributed by atoms with Gasteiger partial charge in [-0.1, -0.05) is 39.3 Å². The zero-order valence-corrected chi connectivity index (χ0v) is 16.6. The van der Waals surface area contributed by atoms with Crippen molar-refractivity contribution >= 4 is 12.3 Å². The highest BCUT2D eigenvalue weighted by Gasteiger charge is 2.54. The predicted molar refractivity (Wildman–Crippen MR) is 101 cm³/mol. The first-order valence-electron chi connectivity index (χ1n) is 10.0. The zero-order chi connectivity index (χ0) is 18.7. The predicted octanol–water partition coefficient (Wildman–Crippen LogP) is 5.33. The number of carbonyl (C=O) groups is 2. The minimum absolute atomic E-state index is 0.160. The summed E-state index contributed by atoms with van der Waals surface area (Å²) >= 11 is 0. The van der Waals surface area contributed by atoms with Gasteiger partial charge in [0.25, 0.3) is 0 Å². The van der Waals surface area contributed by atoms with Gasteiger partial charge in [0.15, 0.2) is 0 Å². The first-order valence-corrected chi connectivity index (χ1v) is 10.0. The normalized spacial score (nSPS) is 36.4. The molecule has 0 radical (unpaired) electrons. The fourth-order valence-corrected chi connectivity index (χ4v) is 5.67. The smallest absolute Gasteiger partial charge is 0.302 e. The molecule has 0 saturated heterocycles. The van der Waals surface area contributed by atoms with Crippen LogP contribution in [0.1, 0.15) is 79.1 Å². The Kier molecular flexibility index (Phi) is 6.51. The lowest BCUT2D eigenvalue weighted by atomic mass is 9.47. The van der Waals surface area contributed by atoms with E-state index in [0.717, 1.165) is 44.9 Å². The number of esters is 1. The van der Waals surface area contributed by atoms with Crippen LogP contribution in [-0.4, -0.2) is 18.9 Å². The summed E-state index contributed by atoms with van der Waals surface area (Å²) < 4.78 is 5.08. The highest BCUT2D eigenvalue weighted by atomic mass is 16.5. The zero-order valence-electron chi connectivity index (χ0n) is 16.6. The number of rotatable bonds is 7. The van der Waals surface area contributed by atoms with Crippen LogP contribution in [0.25, 0.3) is 0 Å². The second-order valence-electron chi connectivity index (χ2n) is 9.10. The summed E-state index contributed by atoms with van der Waals surface area (Å²) in [5.74, 6) is 1.34. The molecule has 142 valence electrons. The third-order valence-corrected chi connectivity index (χ3v) is 7.20. The molecule has 0 aromatic rings. The van der Waals surface area contributed by atoms with Gasteiger partial charge in [0.1, 0.15) is 6.29 Å². The summed E-state index contributed by atoms with van der Waals surface area (Å²) in [5.41, 5.74) is 1.44. The molecule has 3 heteroatoms. The van der Waals surface area contributed by atoms with Crippen LogP contribution in [-0.2, 0) is 14.3 Å². The molecule has 0 spiro atoms. The van der Waals surface area contributed by atoms with Gasteiger partial charge in [0.2, 0.25) is 0 Å². The van der Waals surface area contributed by atoms with E-state index in [4.69, 9.17) is 4.74 Å². The molecule has 3 nitrogen and oxygen atoms in total. The van der Waals surface area contributed by atoms with Crippen molar-refractivity contribution in [3.8, 4) is 0 Å². The van der Waals surface area contributed by atoms with Crippen LogP contribution in [0.2, 0.25) is 0 Å². The van der Waals surface area contributed by atoms with E-state index in [0.29, 0.717) is 24.4 Å². The summed E-state index contributed by atoms with van der Waals surface area (Å²) in [7, 11) is 0. The van der Waals surface area contributed by atoms with E-state index in [2.05, 4.69) is 27.4 Å². The van der Waals surface area contributed by atoms with Crippen molar-refractivity contribution in [2.75, 3.05) is 6.61 Å². The van der Waals surface area contributed by atoms with Crippen molar-refractivity contribution in [1.82, 2.24) is 0 Å². The quantitative estimate of drug-likeness (QED) is 0.354. The second kappa shape index (κ2) is 8.05. The van der Waals surface area contributed by atoms with Crippen molar-refractivity contribution in [3.05, 3.63) is 12.2 Å². The third kappa shape index (κ3) is 4.35. The molecular formula is C22H36O3. The molecule has 0 aliphatic heterocycles. The number of fused-ring (bicyclic) bond motifs is 1. The molecule has 0 unspecified atom stereocenters. The van der Waals surface area contributed by atoms with Crippen molar-refractivity contribution in [2.24, 2.45) is 28.6 Å². The first kappa shape index (κ1) is 20.2. The lowest BCUT2D eigenvalue weighted by molar-refractivity contribution is -0.141. The number of allylic oxidation sites excluding steroid dienone is 1. The van der Waals surface area contributed by atoms with Gasteiger partial charge in [-0.25, -0.2) is 0 Å². The largest absolute Gasteiger partial charge is 0.466 e. The standard InChI is InChI=1S/C22H36O3/c1-16(11-14-25-18(3)24)7-9-19-17(2)8-10-20-21(4,15-23)12-6-13-22(19,20)5/h15-16,19-20H,2,6-14H2,1,3-5H3/t16-,19+,20-,21-,22-/m1/s1. The minimum Gasteiger partial charge on any atom is -0.466 e. The van der Waals surface area contributed by atoms with Crippen LogP contribution in [0.15, 0.2) is 12.2 Å². The molecule has 2 aliphatic carbocycles. The Balaban J connectivity index is 2.01.